The van der Waals surface area contributed by atoms with Gasteiger partial charge >= 0.3 is 0 Å². The first-order valence-electron chi connectivity index (χ1n) is 14.1. The number of hydrogen-bond donors (Lipinski definition) is 5. The third kappa shape index (κ3) is 7.53. The van der Waals surface area contributed by atoms with Crippen LogP contribution in [0.4, 0.5) is 4.39 Å². The molecule has 1 aliphatic heterocycles. The number of likely N-dealkylation sites (N-methyl/N-ethyl adjacent to an activating group) is 1. The van der Waals surface area contributed by atoms with Crippen molar-refractivity contribution in [1.82, 2.24) is 20.9 Å². The zero-order valence-corrected chi connectivity index (χ0v) is 23.6. The highest BCUT2D eigenvalue weighted by molar-refractivity contribution is 5.93. The number of fused-ring (bicyclic) bond motifs is 1. The van der Waals surface area contributed by atoms with E-state index < -0.39 is 41.9 Å². The van der Waals surface area contributed by atoms with Crippen molar-refractivity contribution in [1.29, 1.82) is 0 Å². The van der Waals surface area contributed by atoms with Crippen molar-refractivity contribution in [3.63, 3.8) is 0 Å². The first kappa shape index (κ1) is 30.3. The van der Waals surface area contributed by atoms with Gasteiger partial charge in [-0.3, -0.25) is 14.4 Å². The summed E-state index contributed by atoms with van der Waals surface area (Å²) < 4.78 is 19.6. The normalized spacial score (nSPS) is 26.1. The lowest BCUT2D eigenvalue weighted by molar-refractivity contribution is -0.142. The summed E-state index contributed by atoms with van der Waals surface area (Å²) in [6, 6.07) is 7.17. The summed E-state index contributed by atoms with van der Waals surface area (Å²) in [5, 5.41) is 30.2. The van der Waals surface area contributed by atoms with E-state index in [0.717, 1.165) is 25.0 Å². The summed E-state index contributed by atoms with van der Waals surface area (Å²) in [5.41, 5.74) is 0.837. The minimum Gasteiger partial charge on any atom is -0.508 e. The van der Waals surface area contributed by atoms with E-state index in [1.54, 1.807) is 25.1 Å². The molecule has 0 saturated heterocycles. The zero-order valence-electron chi connectivity index (χ0n) is 23.6. The van der Waals surface area contributed by atoms with E-state index in [-0.39, 0.29) is 35.8 Å². The van der Waals surface area contributed by atoms with Gasteiger partial charge in [0.15, 0.2) is 0 Å². The summed E-state index contributed by atoms with van der Waals surface area (Å²) in [5.74, 6) is -1.31. The number of hydrogen-bond acceptors (Lipinski definition) is 7. The molecule has 11 heteroatoms. The van der Waals surface area contributed by atoms with Crippen LogP contribution in [0.15, 0.2) is 42.5 Å². The number of ether oxygens (including phenoxy) is 1. The fourth-order valence-electron chi connectivity index (χ4n) is 4.94. The number of amides is 3. The summed E-state index contributed by atoms with van der Waals surface area (Å²) in [6.45, 7) is 3.99. The molecule has 5 N–H and O–H groups in total. The lowest BCUT2D eigenvalue weighted by atomic mass is 10.0. The molecule has 0 spiro atoms. The van der Waals surface area contributed by atoms with E-state index in [1.807, 2.05) is 6.92 Å². The van der Waals surface area contributed by atoms with Crippen LogP contribution in [0.3, 0.4) is 0 Å². The number of phenolic OH excluding ortho intramolecular Hbond substituents is 1. The third-order valence-corrected chi connectivity index (χ3v) is 7.74. The number of halogens is 1. The highest BCUT2D eigenvalue weighted by Gasteiger charge is 2.40. The van der Waals surface area contributed by atoms with Crippen molar-refractivity contribution >= 4 is 17.7 Å². The standard InChI is InChI=1S/C30H39FN4O6/c1-17-16-33-25(19-9-10-19)30(40)35(3)18(2)28(38)34-26(27(37)20-11-13-21(31)14-12-20)29(39)32-15-5-6-22-23(36)7-4-8-24(22)41-17/h4,7-8,11-14,17-19,25-27,33,36-37H,5-6,9-10,15-16H2,1-3H3,(H,32,39)(H,34,38)/t17-,18-,25+,26-,27?/m1/s1. The molecule has 4 rings (SSSR count). The Morgan fingerprint density at radius 1 is 1.05 bits per heavy atom. The maximum absolute atomic E-state index is 13.5. The second-order valence-corrected chi connectivity index (χ2v) is 10.9. The van der Waals surface area contributed by atoms with Gasteiger partial charge in [-0.05, 0) is 75.3 Å². The quantitative estimate of drug-likeness (QED) is 0.379. The summed E-state index contributed by atoms with van der Waals surface area (Å²) >= 11 is 0. The van der Waals surface area contributed by atoms with Crippen LogP contribution in [0, 0.1) is 11.7 Å². The molecule has 41 heavy (non-hydrogen) atoms. The average Bonchev–Trinajstić information content (AvgIpc) is 3.79. The Labute approximate surface area is 239 Å². The number of aliphatic hydroxyl groups excluding tert-OH is 1. The first-order valence-corrected chi connectivity index (χ1v) is 14.1. The molecule has 2 aromatic carbocycles. The Hall–Kier alpha value is -3.70. The second kappa shape index (κ2) is 13.3. The molecule has 0 bridgehead atoms. The highest BCUT2D eigenvalue weighted by atomic mass is 19.1. The maximum atomic E-state index is 13.5. The molecule has 2 aliphatic rings. The number of rotatable bonds is 3. The molecule has 1 aliphatic carbocycles. The SMILES string of the molecule is C[C@@H]1CN[C@@H](C2CC2)C(=O)N(C)[C@H](C)C(=O)N[C@H](C(O)c2ccc(F)cc2)C(=O)NCCCc2c(O)cccc2O1. The Balaban J connectivity index is 1.62. The lowest BCUT2D eigenvalue weighted by Crippen LogP contribution is -2.57. The van der Waals surface area contributed by atoms with Gasteiger partial charge in [-0.1, -0.05) is 18.2 Å². The number of carbonyl (C=O) groups is 3. The topological polar surface area (TPSA) is 140 Å². The van der Waals surface area contributed by atoms with Crippen LogP contribution in [0.2, 0.25) is 0 Å². The Kier molecular flexibility index (Phi) is 9.82. The summed E-state index contributed by atoms with van der Waals surface area (Å²) in [4.78, 5) is 41.4. The first-order chi connectivity index (χ1) is 19.6. The molecule has 0 radical (unpaired) electrons. The third-order valence-electron chi connectivity index (χ3n) is 7.74. The van der Waals surface area contributed by atoms with E-state index in [9.17, 15) is 29.0 Å². The van der Waals surface area contributed by atoms with Gasteiger partial charge in [-0.2, -0.15) is 0 Å². The highest BCUT2D eigenvalue weighted by Crippen LogP contribution is 2.34. The van der Waals surface area contributed by atoms with Crippen molar-refractivity contribution in [3.8, 4) is 11.5 Å². The van der Waals surface area contributed by atoms with Crippen LogP contribution in [0.1, 0.15) is 50.3 Å². The van der Waals surface area contributed by atoms with E-state index in [4.69, 9.17) is 4.74 Å². The predicted octanol–water partition coefficient (Wildman–Crippen LogP) is 1.79. The van der Waals surface area contributed by atoms with Crippen LogP contribution < -0.4 is 20.7 Å². The molecular weight excluding hydrogens is 531 g/mol. The van der Waals surface area contributed by atoms with Crippen LogP contribution >= 0.6 is 0 Å². The molecule has 1 fully saturated rings. The van der Waals surface area contributed by atoms with Crippen LogP contribution in [0.25, 0.3) is 0 Å². The van der Waals surface area contributed by atoms with Crippen molar-refractivity contribution in [3.05, 3.63) is 59.4 Å². The monoisotopic (exact) mass is 570 g/mol. The van der Waals surface area contributed by atoms with Crippen molar-refractivity contribution in [2.24, 2.45) is 5.92 Å². The number of benzene rings is 2. The number of carbonyl (C=O) groups excluding carboxylic acids is 3. The van der Waals surface area contributed by atoms with Gasteiger partial charge < -0.3 is 35.8 Å². The predicted molar refractivity (Wildman–Crippen MR) is 150 cm³/mol. The molecule has 5 atom stereocenters. The number of aromatic hydroxyl groups is 1. The molecular formula is C30H39FN4O6. The van der Waals surface area contributed by atoms with Gasteiger partial charge in [-0.25, -0.2) is 4.39 Å². The van der Waals surface area contributed by atoms with Crippen LogP contribution in [-0.4, -0.2) is 77.2 Å². The van der Waals surface area contributed by atoms with E-state index in [1.165, 1.54) is 24.1 Å². The van der Waals surface area contributed by atoms with E-state index in [2.05, 4.69) is 16.0 Å². The van der Waals surface area contributed by atoms with Gasteiger partial charge in [0.25, 0.3) is 0 Å². The molecule has 2 aromatic rings. The fourth-order valence-corrected chi connectivity index (χ4v) is 4.94. The van der Waals surface area contributed by atoms with E-state index >= 15 is 0 Å². The van der Waals surface area contributed by atoms with Crippen molar-refractivity contribution < 1.29 is 33.7 Å². The smallest absolute Gasteiger partial charge is 0.245 e. The maximum Gasteiger partial charge on any atom is 0.245 e. The van der Waals surface area contributed by atoms with Crippen LogP contribution in [0.5, 0.6) is 11.5 Å². The van der Waals surface area contributed by atoms with Crippen molar-refractivity contribution in [2.75, 3.05) is 20.1 Å². The minimum atomic E-state index is -1.47. The van der Waals surface area contributed by atoms with Crippen molar-refractivity contribution in [2.45, 2.75) is 69.9 Å². The molecule has 0 aromatic heterocycles. The molecule has 1 saturated carbocycles. The molecule has 222 valence electrons. The van der Waals surface area contributed by atoms with Crippen LogP contribution in [-0.2, 0) is 20.8 Å². The van der Waals surface area contributed by atoms with Gasteiger partial charge in [0.1, 0.15) is 41.6 Å². The Bertz CT molecular complexity index is 1240. The van der Waals surface area contributed by atoms with E-state index in [0.29, 0.717) is 30.7 Å². The number of nitrogens with zero attached hydrogens (tertiary/aromatic N) is 1. The molecule has 1 unspecified atom stereocenters. The summed E-state index contributed by atoms with van der Waals surface area (Å²) in [6.07, 6.45) is 0.815. The van der Waals surface area contributed by atoms with Gasteiger partial charge in [-0.15, -0.1) is 0 Å². The zero-order chi connectivity index (χ0) is 29.7. The second-order valence-electron chi connectivity index (χ2n) is 10.9. The fraction of sp³-hybridized carbons (Fsp3) is 0.500. The lowest BCUT2D eigenvalue weighted by Gasteiger charge is -2.31. The van der Waals surface area contributed by atoms with Gasteiger partial charge in [0, 0.05) is 25.7 Å². The minimum absolute atomic E-state index is 0.0712. The Morgan fingerprint density at radius 2 is 1.76 bits per heavy atom. The summed E-state index contributed by atoms with van der Waals surface area (Å²) in [7, 11) is 1.53. The molecule has 1 heterocycles. The number of nitrogens with one attached hydrogen (secondary N) is 3. The Morgan fingerprint density at radius 3 is 2.44 bits per heavy atom. The average molecular weight is 571 g/mol. The number of phenols is 1. The van der Waals surface area contributed by atoms with Gasteiger partial charge in [0.2, 0.25) is 17.7 Å². The molecule has 10 nitrogen and oxygen atoms in total. The number of aliphatic hydroxyl groups is 1. The molecule has 3 amide bonds. The van der Waals surface area contributed by atoms with Gasteiger partial charge in [0.05, 0.1) is 6.04 Å². The largest absolute Gasteiger partial charge is 0.508 e.